The number of nitrogens with zero attached hydrogens (tertiary/aromatic N) is 3. The predicted octanol–water partition coefficient (Wildman–Crippen LogP) is 3.35. The fourth-order valence-electron chi connectivity index (χ4n) is 4.23. The molecule has 8 nitrogen and oxygen atoms in total. The first-order valence-electron chi connectivity index (χ1n) is 10.6. The summed E-state index contributed by atoms with van der Waals surface area (Å²) < 4.78 is 33.0. The monoisotopic (exact) mass is 452 g/mol. The summed E-state index contributed by atoms with van der Waals surface area (Å²) in [7, 11) is -3.66. The van der Waals surface area contributed by atoms with Crippen molar-refractivity contribution in [3.05, 3.63) is 17.3 Å². The molecular formula is C20H28N4O4S2. The molecule has 2 aromatic rings. The van der Waals surface area contributed by atoms with Gasteiger partial charge in [0.25, 0.3) is 10.0 Å². The van der Waals surface area contributed by atoms with Crippen molar-refractivity contribution in [2.75, 3.05) is 13.1 Å². The van der Waals surface area contributed by atoms with Crippen LogP contribution in [-0.4, -0.2) is 47.9 Å². The van der Waals surface area contributed by atoms with Gasteiger partial charge in [0.15, 0.2) is 0 Å². The lowest BCUT2D eigenvalue weighted by atomic mass is 9.97. The Kier molecular flexibility index (Phi) is 6.54. The van der Waals surface area contributed by atoms with Gasteiger partial charge in [-0.1, -0.05) is 30.8 Å². The molecule has 1 N–H and O–H groups in total. The van der Waals surface area contributed by atoms with Crippen molar-refractivity contribution in [3.63, 3.8) is 0 Å². The van der Waals surface area contributed by atoms with Gasteiger partial charge in [-0.2, -0.15) is 9.29 Å². The lowest BCUT2D eigenvalue weighted by Crippen LogP contribution is -2.47. The van der Waals surface area contributed by atoms with Crippen molar-refractivity contribution in [2.24, 2.45) is 5.92 Å². The van der Waals surface area contributed by atoms with Crippen LogP contribution in [-0.2, 0) is 14.8 Å². The Morgan fingerprint density at radius 1 is 1.20 bits per heavy atom. The Hall–Kier alpha value is -1.78. The molecule has 2 aromatic heterocycles. The van der Waals surface area contributed by atoms with Crippen molar-refractivity contribution >= 4 is 27.3 Å². The van der Waals surface area contributed by atoms with Gasteiger partial charge >= 0.3 is 0 Å². The number of rotatable bonds is 5. The number of carbonyl (C=O) groups is 1. The molecule has 1 amide bonds. The van der Waals surface area contributed by atoms with Crippen LogP contribution in [0.1, 0.15) is 57.3 Å². The van der Waals surface area contributed by atoms with Gasteiger partial charge < -0.3 is 9.84 Å². The molecule has 1 aliphatic carbocycles. The quantitative estimate of drug-likeness (QED) is 0.698. The van der Waals surface area contributed by atoms with E-state index < -0.39 is 10.0 Å². The summed E-state index contributed by atoms with van der Waals surface area (Å²) in [5.41, 5.74) is 0.620. The third kappa shape index (κ3) is 4.76. The minimum absolute atomic E-state index is 0.00376. The average Bonchev–Trinajstić information content (AvgIpc) is 3.33. The second-order valence-electron chi connectivity index (χ2n) is 8.19. The normalized spacial score (nSPS) is 22.0. The van der Waals surface area contributed by atoms with Crippen LogP contribution in [0.3, 0.4) is 0 Å². The number of thiophene rings is 1. The van der Waals surface area contributed by atoms with E-state index in [0.717, 1.165) is 43.4 Å². The maximum atomic E-state index is 13.2. The van der Waals surface area contributed by atoms with E-state index in [-0.39, 0.29) is 28.6 Å². The number of hydrogen-bond donors (Lipinski definition) is 1. The molecule has 164 valence electrons. The topological polar surface area (TPSA) is 105 Å². The number of carbonyl (C=O) groups excluding carboxylic acids is 1. The molecule has 1 saturated carbocycles. The number of nitrogens with one attached hydrogen (secondary N) is 1. The highest BCUT2D eigenvalue weighted by Gasteiger charge is 2.35. The minimum atomic E-state index is -3.66. The summed E-state index contributed by atoms with van der Waals surface area (Å²) in [4.78, 5) is 17.0. The van der Waals surface area contributed by atoms with Crippen molar-refractivity contribution in [1.29, 1.82) is 0 Å². The molecule has 0 bridgehead atoms. The Bertz CT molecular complexity index is 977. The molecular weight excluding hydrogens is 424 g/mol. The summed E-state index contributed by atoms with van der Waals surface area (Å²) in [6.07, 6.45) is 8.21. The molecule has 10 heteroatoms. The summed E-state index contributed by atoms with van der Waals surface area (Å²) in [6, 6.07) is 1.81. The molecule has 1 saturated heterocycles. The van der Waals surface area contributed by atoms with E-state index in [1.807, 2.05) is 0 Å². The van der Waals surface area contributed by atoms with Gasteiger partial charge in [-0.15, -0.1) is 11.3 Å². The van der Waals surface area contributed by atoms with Gasteiger partial charge in [0.2, 0.25) is 17.6 Å². The summed E-state index contributed by atoms with van der Waals surface area (Å²) >= 11 is 1.14. The van der Waals surface area contributed by atoms with Gasteiger partial charge in [-0.05, 0) is 31.7 Å². The molecule has 3 heterocycles. The smallest absolute Gasteiger partial charge is 0.252 e. The molecule has 1 aliphatic heterocycles. The van der Waals surface area contributed by atoms with Gasteiger partial charge in [0.05, 0.1) is 5.92 Å². The molecule has 0 radical (unpaired) electrons. The van der Waals surface area contributed by atoms with E-state index in [4.69, 9.17) is 4.52 Å². The number of amides is 1. The van der Waals surface area contributed by atoms with E-state index in [1.54, 1.807) is 18.4 Å². The number of aromatic nitrogens is 2. The third-order valence-electron chi connectivity index (χ3n) is 5.91. The summed E-state index contributed by atoms with van der Waals surface area (Å²) in [5, 5.41) is 8.75. The number of piperidine rings is 1. The van der Waals surface area contributed by atoms with E-state index in [9.17, 15) is 13.2 Å². The minimum Gasteiger partial charge on any atom is -0.353 e. The molecule has 2 aliphatic rings. The SMILES string of the molecule is Cc1nc(-c2csc(S(=O)(=O)N3CCC[C@@H](C(=O)NC4CCCCCC4)C3)c2)no1. The summed E-state index contributed by atoms with van der Waals surface area (Å²) in [5.74, 6) is 0.510. The van der Waals surface area contributed by atoms with Crippen molar-refractivity contribution in [3.8, 4) is 11.4 Å². The van der Waals surface area contributed by atoms with Gasteiger partial charge in [0, 0.05) is 37.0 Å². The van der Waals surface area contributed by atoms with Gasteiger partial charge in [-0.3, -0.25) is 4.79 Å². The highest BCUT2D eigenvalue weighted by molar-refractivity contribution is 7.91. The van der Waals surface area contributed by atoms with E-state index in [2.05, 4.69) is 15.5 Å². The van der Waals surface area contributed by atoms with E-state index in [0.29, 0.717) is 30.2 Å². The van der Waals surface area contributed by atoms with Crippen LogP contribution in [0.5, 0.6) is 0 Å². The Morgan fingerprint density at radius 3 is 2.67 bits per heavy atom. The zero-order chi connectivity index (χ0) is 21.1. The Morgan fingerprint density at radius 2 is 1.97 bits per heavy atom. The van der Waals surface area contributed by atoms with Crippen LogP contribution in [0.4, 0.5) is 0 Å². The fraction of sp³-hybridized carbons (Fsp3) is 0.650. The molecule has 1 atom stereocenters. The largest absolute Gasteiger partial charge is 0.353 e. The van der Waals surface area contributed by atoms with Crippen molar-refractivity contribution in [2.45, 2.75) is 68.5 Å². The maximum Gasteiger partial charge on any atom is 0.252 e. The highest BCUT2D eigenvalue weighted by atomic mass is 32.2. The van der Waals surface area contributed by atoms with Crippen LogP contribution in [0.2, 0.25) is 0 Å². The molecule has 0 aromatic carbocycles. The van der Waals surface area contributed by atoms with Crippen LogP contribution >= 0.6 is 11.3 Å². The third-order valence-corrected chi connectivity index (χ3v) is 9.19. The highest BCUT2D eigenvalue weighted by Crippen LogP contribution is 2.31. The van der Waals surface area contributed by atoms with Crippen LogP contribution < -0.4 is 5.32 Å². The van der Waals surface area contributed by atoms with Crippen molar-refractivity contribution in [1.82, 2.24) is 19.8 Å². The maximum absolute atomic E-state index is 13.2. The molecule has 0 unspecified atom stereocenters. The van der Waals surface area contributed by atoms with E-state index >= 15 is 0 Å². The molecule has 2 fully saturated rings. The van der Waals surface area contributed by atoms with Crippen LogP contribution in [0.15, 0.2) is 20.2 Å². The second-order valence-corrected chi connectivity index (χ2v) is 11.3. The van der Waals surface area contributed by atoms with Gasteiger partial charge in [0.1, 0.15) is 4.21 Å². The Labute approximate surface area is 181 Å². The predicted molar refractivity (Wildman–Crippen MR) is 113 cm³/mol. The lowest BCUT2D eigenvalue weighted by molar-refractivity contribution is -0.126. The lowest BCUT2D eigenvalue weighted by Gasteiger charge is -2.31. The van der Waals surface area contributed by atoms with Crippen LogP contribution in [0, 0.1) is 12.8 Å². The Balaban J connectivity index is 1.43. The number of hydrogen-bond acceptors (Lipinski definition) is 7. The number of sulfonamides is 1. The average molecular weight is 453 g/mol. The first kappa shape index (κ1) is 21.5. The summed E-state index contributed by atoms with van der Waals surface area (Å²) in [6.45, 7) is 2.36. The first-order chi connectivity index (χ1) is 14.4. The van der Waals surface area contributed by atoms with Gasteiger partial charge in [-0.25, -0.2) is 8.42 Å². The molecule has 30 heavy (non-hydrogen) atoms. The first-order valence-corrected chi connectivity index (χ1v) is 13.0. The number of aryl methyl sites for hydroxylation is 1. The standard InChI is InChI=1S/C20H28N4O4S2/c1-14-21-19(23-28-14)16-11-18(29-13-16)30(26,27)24-10-6-7-15(12-24)20(25)22-17-8-4-2-3-5-9-17/h11,13,15,17H,2-10,12H2,1H3,(H,22,25)/t15-/m1/s1. The van der Waals surface area contributed by atoms with E-state index in [1.165, 1.54) is 17.1 Å². The van der Waals surface area contributed by atoms with Crippen LogP contribution in [0.25, 0.3) is 11.4 Å². The zero-order valence-electron chi connectivity index (χ0n) is 17.2. The van der Waals surface area contributed by atoms with Crippen molar-refractivity contribution < 1.29 is 17.7 Å². The molecule has 0 spiro atoms. The zero-order valence-corrected chi connectivity index (χ0v) is 18.8. The molecule has 4 rings (SSSR count). The second kappa shape index (κ2) is 9.15. The fourth-order valence-corrected chi connectivity index (χ4v) is 7.06.